The van der Waals surface area contributed by atoms with E-state index in [1.807, 2.05) is 24.3 Å². The van der Waals surface area contributed by atoms with Gasteiger partial charge in [-0.05, 0) is 48.7 Å². The Kier molecular flexibility index (Phi) is 7.25. The Morgan fingerprint density at radius 2 is 1.93 bits per heavy atom. The maximum atomic E-state index is 12.4. The van der Waals surface area contributed by atoms with Gasteiger partial charge in [0.2, 0.25) is 0 Å². The molecule has 1 aliphatic heterocycles. The van der Waals surface area contributed by atoms with Gasteiger partial charge in [0.05, 0.1) is 11.4 Å². The number of carbonyl (C=O) groups excluding carboxylic acids is 1. The first-order chi connectivity index (χ1) is 12.5. The summed E-state index contributed by atoms with van der Waals surface area (Å²) in [6, 6.07) is 14.5. The number of nitrogens with zero attached hydrogens (tertiary/aromatic N) is 1. The molecule has 1 amide bonds. The quantitative estimate of drug-likeness (QED) is 0.746. The summed E-state index contributed by atoms with van der Waals surface area (Å²) >= 11 is 0. The minimum Gasteiger partial charge on any atom is -0.489 e. The minimum atomic E-state index is -0.182. The number of nitrogens with one attached hydrogen (secondary N) is 1. The summed E-state index contributed by atoms with van der Waals surface area (Å²) < 4.78 is 6.07. The van der Waals surface area contributed by atoms with Gasteiger partial charge in [0.1, 0.15) is 11.9 Å². The van der Waals surface area contributed by atoms with Gasteiger partial charge in [0, 0.05) is 25.2 Å². The summed E-state index contributed by atoms with van der Waals surface area (Å²) in [5.74, 6) is 1.29. The van der Waals surface area contributed by atoms with Crippen molar-refractivity contribution < 1.29 is 9.53 Å². The van der Waals surface area contributed by atoms with Crippen LogP contribution in [0, 0.1) is 5.92 Å². The van der Waals surface area contributed by atoms with Crippen LogP contribution in [0.3, 0.4) is 0 Å². The molecule has 0 saturated carbocycles. The zero-order chi connectivity index (χ0) is 18.5. The van der Waals surface area contributed by atoms with Gasteiger partial charge in [0.25, 0.3) is 5.91 Å². The number of para-hydroxylation sites is 2. The van der Waals surface area contributed by atoms with E-state index in [9.17, 15) is 4.79 Å². The Bertz CT molecular complexity index is 743. The molecule has 3 N–H and O–H groups in total. The molecular weight excluding hydrogens is 338 g/mol. The first kappa shape index (κ1) is 20.8. The topological polar surface area (TPSA) is 67.6 Å². The highest BCUT2D eigenvalue weighted by molar-refractivity contribution is 6.05. The van der Waals surface area contributed by atoms with Crippen molar-refractivity contribution in [3.63, 3.8) is 0 Å². The van der Waals surface area contributed by atoms with Crippen LogP contribution < -0.4 is 15.8 Å². The van der Waals surface area contributed by atoms with E-state index >= 15 is 0 Å². The molecule has 5 nitrogen and oxygen atoms in total. The second kappa shape index (κ2) is 9.42. The van der Waals surface area contributed by atoms with E-state index in [2.05, 4.69) is 24.1 Å². The van der Waals surface area contributed by atoms with Gasteiger partial charge < -0.3 is 15.8 Å². The lowest BCUT2D eigenvalue weighted by Gasteiger charge is -2.18. The molecule has 1 atom stereocenters. The van der Waals surface area contributed by atoms with Crippen molar-refractivity contribution in [2.24, 2.45) is 5.92 Å². The Morgan fingerprint density at radius 3 is 2.59 bits per heavy atom. The number of nitrogen functional groups attached to an aromatic ring is 1. The predicted octanol–water partition coefficient (Wildman–Crippen LogP) is 4.27. The highest BCUT2D eigenvalue weighted by Crippen LogP contribution is 2.21. The summed E-state index contributed by atoms with van der Waals surface area (Å²) in [5, 5.41) is 2.83. The molecule has 146 valence electrons. The zero-order valence-electron chi connectivity index (χ0n) is 15.4. The van der Waals surface area contributed by atoms with Gasteiger partial charge >= 0.3 is 0 Å². The van der Waals surface area contributed by atoms with Crippen LogP contribution in [0.2, 0.25) is 0 Å². The van der Waals surface area contributed by atoms with Crippen molar-refractivity contribution >= 4 is 17.3 Å². The van der Waals surface area contributed by atoms with E-state index < -0.39 is 0 Å². The summed E-state index contributed by atoms with van der Waals surface area (Å²) in [6.45, 7) is 7.64. The highest BCUT2D eigenvalue weighted by atomic mass is 16.5. The number of amides is 1. The third kappa shape index (κ3) is 5.73. The average Bonchev–Trinajstić information content (AvgIpc) is 3.03. The molecule has 0 aromatic heterocycles. The van der Waals surface area contributed by atoms with Crippen molar-refractivity contribution in [1.82, 2.24) is 4.90 Å². The first-order valence-corrected chi connectivity index (χ1v) is 9.16. The number of benzene rings is 2. The molecule has 3 rings (SSSR count). The molecule has 27 heavy (non-hydrogen) atoms. The van der Waals surface area contributed by atoms with Gasteiger partial charge in [-0.2, -0.15) is 0 Å². The average molecular weight is 370 g/mol. The molecule has 0 radical (unpaired) electrons. The van der Waals surface area contributed by atoms with Crippen LogP contribution in [0.1, 0.15) is 38.1 Å². The molecule has 0 bridgehead atoms. The lowest BCUT2D eigenvalue weighted by Crippen LogP contribution is -2.28. The van der Waals surface area contributed by atoms with Crippen molar-refractivity contribution in [2.45, 2.75) is 33.8 Å². The number of anilines is 2. The molecule has 2 aromatic carbocycles. The van der Waals surface area contributed by atoms with Crippen LogP contribution in [0.4, 0.5) is 11.4 Å². The molecule has 0 aliphatic carbocycles. The smallest absolute Gasteiger partial charge is 0.255 e. The lowest BCUT2D eigenvalue weighted by atomic mass is 10.2. The van der Waals surface area contributed by atoms with Crippen LogP contribution in [0.25, 0.3) is 0 Å². The largest absolute Gasteiger partial charge is 0.489 e. The first-order valence-electron chi connectivity index (χ1n) is 9.16. The molecule has 1 fully saturated rings. The molecular formula is C22H31N3O2. The molecule has 0 unspecified atom stereocenters. The number of hydrogen-bond donors (Lipinski definition) is 2. The third-order valence-electron chi connectivity index (χ3n) is 4.48. The second-order valence-electron chi connectivity index (χ2n) is 7.25. The maximum absolute atomic E-state index is 12.4. The maximum Gasteiger partial charge on any atom is 0.255 e. The predicted molar refractivity (Wildman–Crippen MR) is 112 cm³/mol. The fourth-order valence-corrected chi connectivity index (χ4v) is 3.26. The monoisotopic (exact) mass is 369 g/mol. The second-order valence-corrected chi connectivity index (χ2v) is 7.25. The van der Waals surface area contributed by atoms with Crippen LogP contribution >= 0.6 is 0 Å². The minimum absolute atomic E-state index is 0. The van der Waals surface area contributed by atoms with E-state index in [0.29, 0.717) is 22.9 Å². The molecule has 0 spiro atoms. The van der Waals surface area contributed by atoms with Crippen LogP contribution in [0.5, 0.6) is 5.75 Å². The summed E-state index contributed by atoms with van der Waals surface area (Å²) in [6.07, 6.45) is 1.26. The SMILES string of the molecule is C.CC(C)CN1CC[C@@H](Oc2ccc(C(=O)Nc3ccccc3N)cc2)C1. The number of hydrogen-bond acceptors (Lipinski definition) is 4. The number of likely N-dealkylation sites (tertiary alicyclic amines) is 1. The fraction of sp³-hybridized carbons (Fsp3) is 0.409. The summed E-state index contributed by atoms with van der Waals surface area (Å²) in [7, 11) is 0. The summed E-state index contributed by atoms with van der Waals surface area (Å²) in [4.78, 5) is 14.8. The van der Waals surface area contributed by atoms with Crippen LogP contribution in [0.15, 0.2) is 48.5 Å². The van der Waals surface area contributed by atoms with Crippen molar-refractivity contribution in [2.75, 3.05) is 30.7 Å². The van der Waals surface area contributed by atoms with Gasteiger partial charge in [-0.25, -0.2) is 0 Å². The van der Waals surface area contributed by atoms with Gasteiger partial charge in [-0.3, -0.25) is 9.69 Å². The zero-order valence-corrected chi connectivity index (χ0v) is 15.4. The Hall–Kier alpha value is -2.53. The number of nitrogens with two attached hydrogens (primary N) is 1. The van der Waals surface area contributed by atoms with Crippen molar-refractivity contribution in [3.8, 4) is 5.75 Å². The lowest BCUT2D eigenvalue weighted by molar-refractivity contribution is 0.102. The third-order valence-corrected chi connectivity index (χ3v) is 4.48. The molecule has 1 aliphatic rings. The number of rotatable bonds is 6. The van der Waals surface area contributed by atoms with Gasteiger partial charge in [-0.15, -0.1) is 0 Å². The molecule has 5 heteroatoms. The summed E-state index contributed by atoms with van der Waals surface area (Å²) in [5.41, 5.74) is 7.61. The normalized spacial score (nSPS) is 16.8. The van der Waals surface area contributed by atoms with E-state index in [4.69, 9.17) is 10.5 Å². The number of carbonyl (C=O) groups is 1. The van der Waals surface area contributed by atoms with Crippen molar-refractivity contribution in [3.05, 3.63) is 54.1 Å². The molecule has 1 heterocycles. The fourth-order valence-electron chi connectivity index (χ4n) is 3.26. The van der Waals surface area contributed by atoms with Gasteiger partial charge in [0.15, 0.2) is 0 Å². The molecule has 1 saturated heterocycles. The van der Waals surface area contributed by atoms with Crippen LogP contribution in [-0.4, -0.2) is 36.5 Å². The van der Waals surface area contributed by atoms with E-state index in [1.54, 1.807) is 24.3 Å². The van der Waals surface area contributed by atoms with E-state index in [-0.39, 0.29) is 19.4 Å². The Labute approximate surface area is 162 Å². The van der Waals surface area contributed by atoms with Crippen LogP contribution in [-0.2, 0) is 0 Å². The Morgan fingerprint density at radius 1 is 1.22 bits per heavy atom. The van der Waals surface area contributed by atoms with E-state index in [1.165, 1.54) is 0 Å². The molecule has 2 aromatic rings. The Balaban J connectivity index is 0.00000261. The van der Waals surface area contributed by atoms with Gasteiger partial charge in [-0.1, -0.05) is 33.4 Å². The number of ether oxygens (including phenoxy) is 1. The highest BCUT2D eigenvalue weighted by Gasteiger charge is 2.24. The van der Waals surface area contributed by atoms with E-state index in [0.717, 1.165) is 31.8 Å². The standard InChI is InChI=1S/C21H27N3O2.CH4/c1-15(2)13-24-12-11-18(14-24)26-17-9-7-16(8-10-17)21(25)23-20-6-4-3-5-19(20)22;/h3-10,15,18H,11-14,22H2,1-2H3,(H,23,25);1H4/t18-;/m1./s1. The van der Waals surface area contributed by atoms with Crippen molar-refractivity contribution in [1.29, 1.82) is 0 Å².